The number of rotatable bonds is 4. The summed E-state index contributed by atoms with van der Waals surface area (Å²) in [6, 6.07) is 0. The van der Waals surface area contributed by atoms with Crippen molar-refractivity contribution in [2.24, 2.45) is 5.92 Å². The molecule has 0 aliphatic rings. The molecule has 2 aromatic rings. The normalized spacial score (nSPS) is 11.4. The fourth-order valence-electron chi connectivity index (χ4n) is 1.60. The molecule has 6 heteroatoms. The van der Waals surface area contributed by atoms with E-state index < -0.39 is 0 Å². The molecule has 0 radical (unpaired) electrons. The number of nitrogens with zero attached hydrogens (tertiary/aromatic N) is 4. The van der Waals surface area contributed by atoms with Gasteiger partial charge in [-0.3, -0.25) is 0 Å². The van der Waals surface area contributed by atoms with E-state index in [2.05, 4.69) is 34.2 Å². The van der Waals surface area contributed by atoms with Gasteiger partial charge < -0.3 is 5.32 Å². The number of nitrogens with one attached hydrogen (secondary N) is 1. The van der Waals surface area contributed by atoms with Gasteiger partial charge in [0, 0.05) is 17.8 Å². The van der Waals surface area contributed by atoms with Crippen molar-refractivity contribution in [1.82, 2.24) is 19.6 Å². The Morgan fingerprint density at radius 1 is 1.28 bits per heavy atom. The van der Waals surface area contributed by atoms with Crippen molar-refractivity contribution >= 4 is 23.3 Å². The molecular weight excluding hydrogens is 250 g/mol. The van der Waals surface area contributed by atoms with E-state index in [0.717, 1.165) is 24.2 Å². The summed E-state index contributed by atoms with van der Waals surface area (Å²) in [5, 5.41) is 8.07. The second kappa shape index (κ2) is 5.10. The maximum atomic E-state index is 6.22. The number of aromatic nitrogens is 4. The molecule has 0 amide bonds. The van der Waals surface area contributed by atoms with Crippen LogP contribution in [0.2, 0.25) is 5.15 Å². The zero-order valence-electron chi connectivity index (χ0n) is 11.2. The van der Waals surface area contributed by atoms with Crippen LogP contribution in [0.4, 0.5) is 5.95 Å². The number of fused-ring (bicyclic) bond motifs is 1. The van der Waals surface area contributed by atoms with E-state index in [1.807, 2.05) is 13.8 Å². The average Bonchev–Trinajstić information content (AvgIpc) is 2.69. The standard InChI is InChI=1S/C12H18ClN5/c1-7(2)5-6-14-11-16-12-15-9(4)8(3)10(13)18(12)17-11/h7H,5-6H2,1-4H3,(H,14,17). The smallest absolute Gasteiger partial charge is 0.255 e. The highest BCUT2D eigenvalue weighted by Gasteiger charge is 2.11. The second-order valence-electron chi connectivity index (χ2n) is 4.87. The summed E-state index contributed by atoms with van der Waals surface area (Å²) in [6.07, 6.45) is 1.08. The molecule has 5 nitrogen and oxygen atoms in total. The van der Waals surface area contributed by atoms with Gasteiger partial charge in [-0.25, -0.2) is 4.98 Å². The van der Waals surface area contributed by atoms with Crippen molar-refractivity contribution in [2.45, 2.75) is 34.1 Å². The van der Waals surface area contributed by atoms with Crippen molar-refractivity contribution in [1.29, 1.82) is 0 Å². The zero-order valence-corrected chi connectivity index (χ0v) is 11.9. The van der Waals surface area contributed by atoms with Crippen LogP contribution in [0.3, 0.4) is 0 Å². The highest BCUT2D eigenvalue weighted by molar-refractivity contribution is 6.30. The third-order valence-electron chi connectivity index (χ3n) is 2.90. The summed E-state index contributed by atoms with van der Waals surface area (Å²) in [5.41, 5.74) is 1.82. The quantitative estimate of drug-likeness (QED) is 0.866. The monoisotopic (exact) mass is 267 g/mol. The molecule has 0 bridgehead atoms. The first-order chi connectivity index (χ1) is 8.49. The Hall–Kier alpha value is -1.36. The van der Waals surface area contributed by atoms with Gasteiger partial charge in [0.1, 0.15) is 5.15 Å². The maximum Gasteiger partial charge on any atom is 0.255 e. The highest BCUT2D eigenvalue weighted by Crippen LogP contribution is 2.18. The lowest BCUT2D eigenvalue weighted by Crippen LogP contribution is -2.06. The predicted octanol–water partition coefficient (Wildman–Crippen LogP) is 2.85. The summed E-state index contributed by atoms with van der Waals surface area (Å²) in [4.78, 5) is 8.68. The molecule has 0 fully saturated rings. The van der Waals surface area contributed by atoms with Gasteiger partial charge in [0.05, 0.1) is 0 Å². The van der Waals surface area contributed by atoms with Crippen molar-refractivity contribution in [3.05, 3.63) is 16.4 Å². The number of aryl methyl sites for hydroxylation is 1. The summed E-state index contributed by atoms with van der Waals surface area (Å²) in [7, 11) is 0. The van der Waals surface area contributed by atoms with Crippen LogP contribution in [0.25, 0.3) is 5.78 Å². The fraction of sp³-hybridized carbons (Fsp3) is 0.583. The summed E-state index contributed by atoms with van der Waals surface area (Å²) >= 11 is 6.22. The van der Waals surface area contributed by atoms with Crippen LogP contribution in [0, 0.1) is 19.8 Å². The molecule has 2 heterocycles. The maximum absolute atomic E-state index is 6.22. The minimum atomic E-state index is 0.537. The van der Waals surface area contributed by atoms with Gasteiger partial charge in [0.15, 0.2) is 0 Å². The van der Waals surface area contributed by atoms with Crippen LogP contribution < -0.4 is 5.32 Å². The van der Waals surface area contributed by atoms with E-state index in [9.17, 15) is 0 Å². The Labute approximate surface area is 112 Å². The van der Waals surface area contributed by atoms with Crippen molar-refractivity contribution in [2.75, 3.05) is 11.9 Å². The molecule has 0 saturated carbocycles. The largest absolute Gasteiger partial charge is 0.353 e. The minimum Gasteiger partial charge on any atom is -0.353 e. The Morgan fingerprint density at radius 3 is 2.67 bits per heavy atom. The van der Waals surface area contributed by atoms with E-state index in [1.54, 1.807) is 4.52 Å². The first-order valence-corrected chi connectivity index (χ1v) is 6.50. The van der Waals surface area contributed by atoms with Crippen molar-refractivity contribution < 1.29 is 0 Å². The summed E-state index contributed by atoms with van der Waals surface area (Å²) < 4.78 is 1.57. The van der Waals surface area contributed by atoms with Gasteiger partial charge >= 0.3 is 0 Å². The van der Waals surface area contributed by atoms with Crippen molar-refractivity contribution in [3.63, 3.8) is 0 Å². The Bertz CT molecular complexity index is 561. The van der Waals surface area contributed by atoms with Gasteiger partial charge in [0.2, 0.25) is 5.95 Å². The fourth-order valence-corrected chi connectivity index (χ4v) is 1.85. The van der Waals surface area contributed by atoms with E-state index in [4.69, 9.17) is 11.6 Å². The number of hydrogen-bond donors (Lipinski definition) is 1. The lowest BCUT2D eigenvalue weighted by Gasteiger charge is -2.03. The van der Waals surface area contributed by atoms with Crippen LogP contribution in [-0.2, 0) is 0 Å². The first kappa shape index (κ1) is 13.1. The predicted molar refractivity (Wildman–Crippen MR) is 73.2 cm³/mol. The van der Waals surface area contributed by atoms with Crippen LogP contribution in [-0.4, -0.2) is 26.1 Å². The molecule has 2 aromatic heterocycles. The Kier molecular flexibility index (Phi) is 3.71. The molecule has 0 spiro atoms. The zero-order chi connectivity index (χ0) is 13.3. The molecule has 0 aromatic carbocycles. The van der Waals surface area contributed by atoms with E-state index >= 15 is 0 Å². The average molecular weight is 268 g/mol. The molecule has 0 saturated heterocycles. The molecule has 98 valence electrons. The van der Waals surface area contributed by atoms with Gasteiger partial charge in [-0.05, 0) is 26.2 Å². The van der Waals surface area contributed by atoms with Crippen LogP contribution in [0.5, 0.6) is 0 Å². The molecule has 0 aliphatic carbocycles. The lowest BCUT2D eigenvalue weighted by atomic mass is 10.1. The third kappa shape index (κ3) is 2.56. The molecule has 2 rings (SSSR count). The summed E-state index contributed by atoms with van der Waals surface area (Å²) in [6.45, 7) is 9.07. The minimum absolute atomic E-state index is 0.537. The topological polar surface area (TPSA) is 55.1 Å². The third-order valence-corrected chi connectivity index (χ3v) is 3.34. The first-order valence-electron chi connectivity index (χ1n) is 6.12. The van der Waals surface area contributed by atoms with Gasteiger partial charge in [0.25, 0.3) is 5.78 Å². The molecule has 1 N–H and O–H groups in total. The van der Waals surface area contributed by atoms with Crippen LogP contribution >= 0.6 is 11.6 Å². The number of hydrogen-bond acceptors (Lipinski definition) is 4. The SMILES string of the molecule is Cc1nc2nc(NCCC(C)C)nn2c(Cl)c1C. The van der Waals surface area contributed by atoms with Gasteiger partial charge in [-0.1, -0.05) is 25.4 Å². The number of anilines is 1. The van der Waals surface area contributed by atoms with Crippen LogP contribution in [0.1, 0.15) is 31.5 Å². The number of halogens is 1. The van der Waals surface area contributed by atoms with Crippen molar-refractivity contribution in [3.8, 4) is 0 Å². The van der Waals surface area contributed by atoms with Gasteiger partial charge in [-0.15, -0.1) is 5.10 Å². The van der Waals surface area contributed by atoms with Crippen LogP contribution in [0.15, 0.2) is 0 Å². The molecular formula is C12H18ClN5. The second-order valence-corrected chi connectivity index (χ2v) is 5.23. The molecule has 0 unspecified atom stereocenters. The molecule has 0 aliphatic heterocycles. The summed E-state index contributed by atoms with van der Waals surface area (Å²) in [5.74, 6) is 1.77. The lowest BCUT2D eigenvalue weighted by molar-refractivity contribution is 0.606. The van der Waals surface area contributed by atoms with E-state index in [1.165, 1.54) is 0 Å². The van der Waals surface area contributed by atoms with E-state index in [-0.39, 0.29) is 0 Å². The highest BCUT2D eigenvalue weighted by atomic mass is 35.5. The molecule has 0 atom stereocenters. The Balaban J connectivity index is 2.25. The Morgan fingerprint density at radius 2 is 2.00 bits per heavy atom. The van der Waals surface area contributed by atoms with Gasteiger partial charge in [-0.2, -0.15) is 9.50 Å². The van der Waals surface area contributed by atoms with E-state index in [0.29, 0.717) is 22.8 Å². The molecule has 18 heavy (non-hydrogen) atoms.